The Bertz CT molecular complexity index is 1090. The van der Waals surface area contributed by atoms with Crippen LogP contribution in [-0.4, -0.2) is 42.1 Å². The maximum absolute atomic E-state index is 11.8. The van der Waals surface area contributed by atoms with Gasteiger partial charge in [0.2, 0.25) is 5.89 Å². The maximum atomic E-state index is 11.8. The first-order chi connectivity index (χ1) is 14.9. The van der Waals surface area contributed by atoms with Crippen molar-refractivity contribution in [1.29, 1.82) is 0 Å². The van der Waals surface area contributed by atoms with Gasteiger partial charge >= 0.3 is 5.97 Å². The quantitative estimate of drug-likeness (QED) is 0.346. The molecule has 162 valence electrons. The summed E-state index contributed by atoms with van der Waals surface area (Å²) in [5.41, 5.74) is 1.10. The highest BCUT2D eigenvalue weighted by atomic mass is 35.5. The predicted molar refractivity (Wildman–Crippen MR) is 117 cm³/mol. The van der Waals surface area contributed by atoms with E-state index in [2.05, 4.69) is 10.2 Å². The SMILES string of the molecule is CCOc1ccc(Cl)cc1/C=C(\Sc1nnc(-c2cc(OC)cc(OC)c2)o1)C(=O)O. The largest absolute Gasteiger partial charge is 0.497 e. The van der Waals surface area contributed by atoms with Gasteiger partial charge in [-0.05, 0) is 55.1 Å². The molecule has 0 spiro atoms. The lowest BCUT2D eigenvalue weighted by atomic mass is 10.2. The Morgan fingerprint density at radius 3 is 2.48 bits per heavy atom. The van der Waals surface area contributed by atoms with E-state index in [-0.39, 0.29) is 16.0 Å². The summed E-state index contributed by atoms with van der Waals surface area (Å²) < 4.78 is 21.7. The van der Waals surface area contributed by atoms with Crippen LogP contribution in [0, 0.1) is 0 Å². The van der Waals surface area contributed by atoms with Crippen LogP contribution in [-0.2, 0) is 4.79 Å². The smallest absolute Gasteiger partial charge is 0.342 e. The van der Waals surface area contributed by atoms with Crippen LogP contribution in [0.15, 0.2) is 50.9 Å². The summed E-state index contributed by atoms with van der Waals surface area (Å²) in [5, 5.41) is 18.1. The van der Waals surface area contributed by atoms with Gasteiger partial charge in [0.1, 0.15) is 22.2 Å². The fourth-order valence-electron chi connectivity index (χ4n) is 2.59. The zero-order valence-corrected chi connectivity index (χ0v) is 18.5. The molecule has 0 unspecified atom stereocenters. The highest BCUT2D eigenvalue weighted by Crippen LogP contribution is 2.34. The molecule has 0 fully saturated rings. The van der Waals surface area contributed by atoms with Gasteiger partial charge in [0.05, 0.1) is 20.8 Å². The highest BCUT2D eigenvalue weighted by molar-refractivity contribution is 8.03. The van der Waals surface area contributed by atoms with Crippen molar-refractivity contribution in [2.45, 2.75) is 12.1 Å². The molecule has 0 saturated heterocycles. The van der Waals surface area contributed by atoms with Crippen molar-refractivity contribution in [3.63, 3.8) is 0 Å². The van der Waals surface area contributed by atoms with E-state index in [1.54, 1.807) is 36.4 Å². The monoisotopic (exact) mass is 462 g/mol. The van der Waals surface area contributed by atoms with Crippen molar-refractivity contribution in [3.05, 3.63) is 51.9 Å². The van der Waals surface area contributed by atoms with Gasteiger partial charge in [-0.25, -0.2) is 4.79 Å². The zero-order chi connectivity index (χ0) is 22.4. The van der Waals surface area contributed by atoms with Crippen LogP contribution in [0.3, 0.4) is 0 Å². The number of hydrogen-bond donors (Lipinski definition) is 1. The van der Waals surface area contributed by atoms with E-state index in [9.17, 15) is 9.90 Å². The van der Waals surface area contributed by atoms with Crippen LogP contribution in [0.2, 0.25) is 5.02 Å². The summed E-state index contributed by atoms with van der Waals surface area (Å²) in [5.74, 6) is 0.660. The molecule has 2 aromatic carbocycles. The Balaban J connectivity index is 1.91. The molecule has 8 nitrogen and oxygen atoms in total. The summed E-state index contributed by atoms with van der Waals surface area (Å²) in [6.45, 7) is 2.26. The van der Waals surface area contributed by atoms with E-state index in [0.717, 1.165) is 11.8 Å². The molecular weight excluding hydrogens is 444 g/mol. The number of benzene rings is 2. The molecule has 10 heteroatoms. The van der Waals surface area contributed by atoms with Crippen LogP contribution in [0.4, 0.5) is 0 Å². The Morgan fingerprint density at radius 1 is 1.16 bits per heavy atom. The summed E-state index contributed by atoms with van der Waals surface area (Å²) in [7, 11) is 3.06. The molecule has 0 aliphatic heterocycles. The van der Waals surface area contributed by atoms with Crippen LogP contribution in [0.5, 0.6) is 17.2 Å². The van der Waals surface area contributed by atoms with Crippen molar-refractivity contribution in [3.8, 4) is 28.7 Å². The number of aromatic nitrogens is 2. The number of carbonyl (C=O) groups is 1. The average molecular weight is 463 g/mol. The number of methoxy groups -OCH3 is 2. The predicted octanol–water partition coefficient (Wildman–Crippen LogP) is 5.02. The van der Waals surface area contributed by atoms with Crippen molar-refractivity contribution in [1.82, 2.24) is 10.2 Å². The van der Waals surface area contributed by atoms with Gasteiger partial charge in [0, 0.05) is 22.2 Å². The van der Waals surface area contributed by atoms with Crippen molar-refractivity contribution < 1.29 is 28.5 Å². The molecule has 3 rings (SSSR count). The number of carboxylic acids is 1. The van der Waals surface area contributed by atoms with E-state index in [4.69, 9.17) is 30.2 Å². The lowest BCUT2D eigenvalue weighted by molar-refractivity contribution is -0.131. The van der Waals surface area contributed by atoms with Gasteiger partial charge < -0.3 is 23.7 Å². The molecule has 0 aliphatic rings. The molecule has 0 aliphatic carbocycles. The number of ether oxygens (including phenoxy) is 3. The molecule has 1 aromatic heterocycles. The minimum atomic E-state index is -1.16. The summed E-state index contributed by atoms with van der Waals surface area (Å²) in [6, 6.07) is 10.1. The van der Waals surface area contributed by atoms with Crippen LogP contribution >= 0.6 is 23.4 Å². The van der Waals surface area contributed by atoms with Crippen molar-refractivity contribution >= 4 is 35.4 Å². The molecule has 0 radical (unpaired) electrons. The minimum Gasteiger partial charge on any atom is -0.497 e. The van der Waals surface area contributed by atoms with E-state index in [1.807, 2.05) is 6.92 Å². The van der Waals surface area contributed by atoms with Crippen molar-refractivity contribution in [2.24, 2.45) is 0 Å². The second kappa shape index (κ2) is 10.2. The first-order valence-corrected chi connectivity index (χ1v) is 10.2. The van der Waals surface area contributed by atoms with Gasteiger partial charge in [-0.2, -0.15) is 0 Å². The van der Waals surface area contributed by atoms with Gasteiger partial charge in [-0.15, -0.1) is 10.2 Å². The standard InChI is InChI=1S/C21H19ClN2O6S/c1-4-29-17-6-5-14(22)7-12(17)10-18(20(25)26)31-21-24-23-19(30-21)13-8-15(27-2)11-16(9-13)28-3/h5-11H,4H2,1-3H3,(H,25,26)/b18-10-. The Labute approximate surface area is 187 Å². The third kappa shape index (κ3) is 5.71. The molecule has 0 saturated carbocycles. The zero-order valence-electron chi connectivity index (χ0n) is 16.9. The van der Waals surface area contributed by atoms with Gasteiger partial charge in [0.15, 0.2) is 0 Å². The number of halogens is 1. The first-order valence-electron chi connectivity index (χ1n) is 9.05. The van der Waals surface area contributed by atoms with Gasteiger partial charge in [0.25, 0.3) is 5.22 Å². The van der Waals surface area contributed by atoms with E-state index in [1.165, 1.54) is 20.3 Å². The minimum absolute atomic E-state index is 0.0401. The molecule has 3 aromatic rings. The van der Waals surface area contributed by atoms with Crippen LogP contribution in [0.1, 0.15) is 12.5 Å². The molecule has 0 bridgehead atoms. The molecule has 1 heterocycles. The number of thioether (sulfide) groups is 1. The third-order valence-electron chi connectivity index (χ3n) is 3.97. The van der Waals surface area contributed by atoms with E-state index < -0.39 is 5.97 Å². The molecular formula is C21H19ClN2O6S. The fraction of sp³-hybridized carbons (Fsp3) is 0.190. The Kier molecular flexibility index (Phi) is 7.43. The average Bonchev–Trinajstić information content (AvgIpc) is 3.23. The topological polar surface area (TPSA) is 104 Å². The van der Waals surface area contributed by atoms with Gasteiger partial charge in [-0.1, -0.05) is 11.6 Å². The third-order valence-corrected chi connectivity index (χ3v) is 5.06. The second-order valence-electron chi connectivity index (χ2n) is 6.01. The second-order valence-corrected chi connectivity index (χ2v) is 7.44. The van der Waals surface area contributed by atoms with Gasteiger partial charge in [-0.3, -0.25) is 0 Å². The number of aliphatic carboxylic acids is 1. The van der Waals surface area contributed by atoms with E-state index >= 15 is 0 Å². The van der Waals surface area contributed by atoms with Crippen molar-refractivity contribution in [2.75, 3.05) is 20.8 Å². The number of rotatable bonds is 9. The summed E-state index contributed by atoms with van der Waals surface area (Å²) >= 11 is 6.88. The molecule has 0 amide bonds. The lowest BCUT2D eigenvalue weighted by Crippen LogP contribution is -1.98. The lowest BCUT2D eigenvalue weighted by Gasteiger charge is -2.08. The number of nitrogens with zero attached hydrogens (tertiary/aromatic N) is 2. The highest BCUT2D eigenvalue weighted by Gasteiger charge is 2.18. The Morgan fingerprint density at radius 2 is 1.87 bits per heavy atom. The molecule has 0 atom stereocenters. The summed E-state index contributed by atoms with van der Waals surface area (Å²) in [6.07, 6.45) is 1.45. The normalized spacial score (nSPS) is 11.3. The number of hydrogen-bond acceptors (Lipinski definition) is 8. The first kappa shape index (κ1) is 22.5. The summed E-state index contributed by atoms with van der Waals surface area (Å²) in [4.78, 5) is 11.8. The molecule has 1 N–H and O–H groups in total. The number of carboxylic acid groups (broad SMARTS) is 1. The molecule has 31 heavy (non-hydrogen) atoms. The Hall–Kier alpha value is -3.17. The van der Waals surface area contributed by atoms with E-state index in [0.29, 0.717) is 40.0 Å². The van der Waals surface area contributed by atoms with Crippen LogP contribution < -0.4 is 14.2 Å². The van der Waals surface area contributed by atoms with Crippen LogP contribution in [0.25, 0.3) is 17.5 Å². The maximum Gasteiger partial charge on any atom is 0.342 e. The fourth-order valence-corrected chi connectivity index (χ4v) is 3.43.